The van der Waals surface area contributed by atoms with E-state index in [9.17, 15) is 5.11 Å². The number of anilines is 1. The average molecular weight is 163 g/mol. The molecule has 0 aliphatic heterocycles. The maximum absolute atomic E-state index is 9.63. The number of nitrogen functional groups attached to an aromatic ring is 1. The van der Waals surface area contributed by atoms with Gasteiger partial charge in [0, 0.05) is 5.69 Å². The van der Waals surface area contributed by atoms with Crippen molar-refractivity contribution in [1.29, 1.82) is 0 Å². The Morgan fingerprint density at radius 3 is 3.00 bits per heavy atom. The smallest absolute Gasteiger partial charge is 0.0793 e. The summed E-state index contributed by atoms with van der Waals surface area (Å²) in [5.74, 6) is 0. The summed E-state index contributed by atoms with van der Waals surface area (Å²) in [6, 6.07) is 5.77. The fourth-order valence-electron chi connectivity index (χ4n) is 1.85. The number of hydrogen-bond donors (Lipinski definition) is 2. The first-order valence-corrected chi connectivity index (χ1v) is 4.34. The van der Waals surface area contributed by atoms with Gasteiger partial charge in [-0.1, -0.05) is 12.1 Å². The number of aliphatic hydroxyl groups is 1. The van der Waals surface area contributed by atoms with Crippen LogP contribution in [0.5, 0.6) is 0 Å². The van der Waals surface area contributed by atoms with Crippen molar-refractivity contribution in [2.75, 3.05) is 5.73 Å². The van der Waals surface area contributed by atoms with E-state index in [1.54, 1.807) is 0 Å². The standard InChI is InChI=1S/C10H13NO/c11-9-5-1-4-8-7(9)3-2-6-10(8)12/h1,4-5,10,12H,2-3,6,11H2. The van der Waals surface area contributed by atoms with Gasteiger partial charge in [-0.15, -0.1) is 0 Å². The second kappa shape index (κ2) is 2.79. The quantitative estimate of drug-likeness (QED) is 0.571. The van der Waals surface area contributed by atoms with Crippen molar-refractivity contribution >= 4 is 5.69 Å². The molecule has 12 heavy (non-hydrogen) atoms. The summed E-state index contributed by atoms with van der Waals surface area (Å²) in [6.07, 6.45) is 2.63. The molecule has 2 nitrogen and oxygen atoms in total. The van der Waals surface area contributed by atoms with Crippen LogP contribution in [0.25, 0.3) is 0 Å². The molecule has 1 unspecified atom stereocenters. The van der Waals surface area contributed by atoms with Gasteiger partial charge >= 0.3 is 0 Å². The highest BCUT2D eigenvalue weighted by Crippen LogP contribution is 2.32. The largest absolute Gasteiger partial charge is 0.398 e. The van der Waals surface area contributed by atoms with E-state index in [0.29, 0.717) is 0 Å². The highest BCUT2D eigenvalue weighted by molar-refractivity contribution is 5.52. The summed E-state index contributed by atoms with van der Waals surface area (Å²) in [6.45, 7) is 0. The number of rotatable bonds is 0. The SMILES string of the molecule is Nc1cccc2c1CCCC2O. The van der Waals surface area contributed by atoms with Crippen molar-refractivity contribution in [2.24, 2.45) is 0 Å². The molecular formula is C10H13NO. The first kappa shape index (κ1) is 7.62. The Hall–Kier alpha value is -1.02. The molecule has 1 aliphatic carbocycles. The number of fused-ring (bicyclic) bond motifs is 1. The molecule has 0 saturated heterocycles. The van der Waals surface area contributed by atoms with Crippen molar-refractivity contribution in [3.63, 3.8) is 0 Å². The molecule has 0 fully saturated rings. The maximum Gasteiger partial charge on any atom is 0.0793 e. The van der Waals surface area contributed by atoms with Gasteiger partial charge in [-0.3, -0.25) is 0 Å². The van der Waals surface area contributed by atoms with Crippen molar-refractivity contribution in [2.45, 2.75) is 25.4 Å². The van der Waals surface area contributed by atoms with Gasteiger partial charge in [-0.25, -0.2) is 0 Å². The van der Waals surface area contributed by atoms with E-state index in [-0.39, 0.29) is 6.10 Å². The lowest BCUT2D eigenvalue weighted by atomic mass is 9.88. The van der Waals surface area contributed by atoms with E-state index in [4.69, 9.17) is 5.73 Å². The van der Waals surface area contributed by atoms with Crippen LogP contribution in [-0.4, -0.2) is 5.11 Å². The van der Waals surface area contributed by atoms with Crippen molar-refractivity contribution in [1.82, 2.24) is 0 Å². The normalized spacial score (nSPS) is 21.9. The number of nitrogens with two attached hydrogens (primary N) is 1. The second-order valence-corrected chi connectivity index (χ2v) is 3.32. The lowest BCUT2D eigenvalue weighted by Gasteiger charge is -2.22. The minimum absolute atomic E-state index is 0.294. The van der Waals surface area contributed by atoms with Gasteiger partial charge in [0.2, 0.25) is 0 Å². The molecule has 0 aromatic heterocycles. The molecule has 0 saturated carbocycles. The molecule has 64 valence electrons. The van der Waals surface area contributed by atoms with Crippen LogP contribution >= 0.6 is 0 Å². The van der Waals surface area contributed by atoms with Crippen LogP contribution in [0.4, 0.5) is 5.69 Å². The zero-order valence-corrected chi connectivity index (χ0v) is 6.96. The molecule has 1 aromatic rings. The minimum Gasteiger partial charge on any atom is -0.398 e. The van der Waals surface area contributed by atoms with E-state index in [2.05, 4.69) is 0 Å². The van der Waals surface area contributed by atoms with Crippen LogP contribution in [-0.2, 0) is 6.42 Å². The van der Waals surface area contributed by atoms with Crippen LogP contribution in [0.15, 0.2) is 18.2 Å². The topological polar surface area (TPSA) is 46.2 Å². The van der Waals surface area contributed by atoms with Gasteiger partial charge in [0.1, 0.15) is 0 Å². The molecule has 0 bridgehead atoms. The Labute approximate surface area is 72.0 Å². The predicted octanol–water partition coefficient (Wildman–Crippen LogP) is 1.64. The van der Waals surface area contributed by atoms with E-state index in [1.807, 2.05) is 18.2 Å². The zero-order chi connectivity index (χ0) is 8.55. The molecule has 2 heteroatoms. The monoisotopic (exact) mass is 163 g/mol. The molecule has 1 aromatic carbocycles. The van der Waals surface area contributed by atoms with Crippen LogP contribution in [0.1, 0.15) is 30.1 Å². The van der Waals surface area contributed by atoms with Crippen LogP contribution in [0, 0.1) is 0 Å². The first-order valence-electron chi connectivity index (χ1n) is 4.34. The molecule has 1 atom stereocenters. The highest BCUT2D eigenvalue weighted by Gasteiger charge is 2.18. The van der Waals surface area contributed by atoms with E-state index in [0.717, 1.165) is 36.1 Å². The van der Waals surface area contributed by atoms with Crippen molar-refractivity contribution in [3.05, 3.63) is 29.3 Å². The van der Waals surface area contributed by atoms with E-state index < -0.39 is 0 Å². The van der Waals surface area contributed by atoms with Gasteiger partial charge in [0.25, 0.3) is 0 Å². The van der Waals surface area contributed by atoms with Crippen molar-refractivity contribution < 1.29 is 5.11 Å². The molecule has 0 radical (unpaired) electrons. The first-order chi connectivity index (χ1) is 5.79. The molecule has 2 rings (SSSR count). The number of aliphatic hydroxyl groups excluding tert-OH is 1. The van der Waals surface area contributed by atoms with Gasteiger partial charge < -0.3 is 10.8 Å². The molecule has 0 amide bonds. The third kappa shape index (κ3) is 1.08. The maximum atomic E-state index is 9.63. The molecule has 0 heterocycles. The summed E-state index contributed by atoms with van der Waals surface area (Å²) in [7, 11) is 0. The second-order valence-electron chi connectivity index (χ2n) is 3.32. The minimum atomic E-state index is -0.294. The lowest BCUT2D eigenvalue weighted by molar-refractivity contribution is 0.157. The van der Waals surface area contributed by atoms with Crippen molar-refractivity contribution in [3.8, 4) is 0 Å². The molecular weight excluding hydrogens is 150 g/mol. The summed E-state index contributed by atoms with van der Waals surface area (Å²) in [5, 5.41) is 9.63. The average Bonchev–Trinajstić information content (AvgIpc) is 2.07. The van der Waals surface area contributed by atoms with Crippen LogP contribution in [0.3, 0.4) is 0 Å². The summed E-state index contributed by atoms with van der Waals surface area (Å²) in [4.78, 5) is 0. The molecule has 1 aliphatic rings. The number of benzene rings is 1. The van der Waals surface area contributed by atoms with E-state index >= 15 is 0 Å². The zero-order valence-electron chi connectivity index (χ0n) is 6.96. The highest BCUT2D eigenvalue weighted by atomic mass is 16.3. The third-order valence-electron chi connectivity index (χ3n) is 2.51. The fourth-order valence-corrected chi connectivity index (χ4v) is 1.85. The molecule has 3 N–H and O–H groups in total. The summed E-state index contributed by atoms with van der Waals surface area (Å²) in [5.41, 5.74) is 8.80. The molecule has 0 spiro atoms. The Bertz CT molecular complexity index is 296. The predicted molar refractivity (Wildman–Crippen MR) is 48.8 cm³/mol. The van der Waals surface area contributed by atoms with Gasteiger partial charge in [0.05, 0.1) is 6.10 Å². The summed E-state index contributed by atoms with van der Waals surface area (Å²) < 4.78 is 0. The fraction of sp³-hybridized carbons (Fsp3) is 0.400. The van der Waals surface area contributed by atoms with Gasteiger partial charge in [0.15, 0.2) is 0 Å². The Balaban J connectivity index is 2.52. The Kier molecular flexibility index (Phi) is 1.77. The van der Waals surface area contributed by atoms with Crippen LogP contribution < -0.4 is 5.73 Å². The Morgan fingerprint density at radius 1 is 1.42 bits per heavy atom. The lowest BCUT2D eigenvalue weighted by Crippen LogP contribution is -2.10. The number of hydrogen-bond acceptors (Lipinski definition) is 2. The third-order valence-corrected chi connectivity index (χ3v) is 2.51. The van der Waals surface area contributed by atoms with Gasteiger partial charge in [-0.05, 0) is 36.5 Å². The summed E-state index contributed by atoms with van der Waals surface area (Å²) >= 11 is 0. The van der Waals surface area contributed by atoms with Crippen LogP contribution in [0.2, 0.25) is 0 Å². The Morgan fingerprint density at radius 2 is 2.25 bits per heavy atom. The van der Waals surface area contributed by atoms with Gasteiger partial charge in [-0.2, -0.15) is 0 Å². The van der Waals surface area contributed by atoms with E-state index in [1.165, 1.54) is 0 Å².